The molecule has 0 spiro atoms. The molecule has 0 amide bonds. The highest BCUT2D eigenvalue weighted by atomic mass is 32.1. The lowest BCUT2D eigenvalue weighted by Crippen LogP contribution is -2.03. The molecule has 0 aliphatic rings. The summed E-state index contributed by atoms with van der Waals surface area (Å²) < 4.78 is 13.3. The standard InChI is InChI=1S/C25H25NO2S/c1-5-27-23-14-19(25-26-21-8-6-7-9-24(21)29-25)10-11-22(23)28-15-20-17(3)12-16(2)13-18(20)4/h6-14H,5,15H2,1-4H3. The van der Waals surface area contributed by atoms with E-state index in [2.05, 4.69) is 45.0 Å². The fraction of sp³-hybridized carbons (Fsp3) is 0.240. The number of para-hydroxylation sites is 1. The van der Waals surface area contributed by atoms with Gasteiger partial charge in [0.15, 0.2) is 11.5 Å². The minimum atomic E-state index is 0.526. The van der Waals surface area contributed by atoms with E-state index >= 15 is 0 Å². The van der Waals surface area contributed by atoms with Gasteiger partial charge in [-0.3, -0.25) is 0 Å². The number of aromatic nitrogens is 1. The van der Waals surface area contributed by atoms with E-state index in [1.54, 1.807) is 11.3 Å². The number of hydrogen-bond acceptors (Lipinski definition) is 4. The summed E-state index contributed by atoms with van der Waals surface area (Å²) in [6.07, 6.45) is 0. The molecule has 4 heteroatoms. The number of benzene rings is 3. The first-order valence-electron chi connectivity index (χ1n) is 9.87. The van der Waals surface area contributed by atoms with Crippen molar-refractivity contribution in [2.75, 3.05) is 6.61 Å². The molecule has 0 aliphatic carbocycles. The molecule has 0 saturated heterocycles. The van der Waals surface area contributed by atoms with Gasteiger partial charge in [0.25, 0.3) is 0 Å². The Balaban J connectivity index is 1.62. The Bertz CT molecular complexity index is 1110. The highest BCUT2D eigenvalue weighted by Crippen LogP contribution is 2.36. The van der Waals surface area contributed by atoms with Gasteiger partial charge < -0.3 is 9.47 Å². The van der Waals surface area contributed by atoms with E-state index in [4.69, 9.17) is 14.5 Å². The molecular formula is C25H25NO2S. The summed E-state index contributed by atoms with van der Waals surface area (Å²) in [4.78, 5) is 4.76. The molecule has 0 saturated carbocycles. The second-order valence-electron chi connectivity index (χ2n) is 7.25. The van der Waals surface area contributed by atoms with Crippen molar-refractivity contribution < 1.29 is 9.47 Å². The molecule has 0 unspecified atom stereocenters. The summed E-state index contributed by atoms with van der Waals surface area (Å²) in [6.45, 7) is 9.50. The molecule has 3 aromatic carbocycles. The molecule has 0 aliphatic heterocycles. The van der Waals surface area contributed by atoms with Gasteiger partial charge in [0.2, 0.25) is 0 Å². The number of ether oxygens (including phenoxy) is 2. The normalized spacial score (nSPS) is 11.0. The molecule has 4 aromatic rings. The van der Waals surface area contributed by atoms with Crippen molar-refractivity contribution in [1.82, 2.24) is 4.98 Å². The van der Waals surface area contributed by atoms with E-state index in [0.717, 1.165) is 27.6 Å². The molecule has 148 valence electrons. The Morgan fingerprint density at radius 2 is 1.62 bits per heavy atom. The summed E-state index contributed by atoms with van der Waals surface area (Å²) in [6, 6.07) is 18.7. The number of rotatable bonds is 6. The molecule has 29 heavy (non-hydrogen) atoms. The Hall–Kier alpha value is -2.85. The minimum absolute atomic E-state index is 0.526. The van der Waals surface area contributed by atoms with Gasteiger partial charge in [0.05, 0.1) is 16.8 Å². The fourth-order valence-electron chi connectivity index (χ4n) is 3.61. The van der Waals surface area contributed by atoms with Crippen LogP contribution in [0.5, 0.6) is 11.5 Å². The van der Waals surface area contributed by atoms with E-state index < -0.39 is 0 Å². The molecule has 0 N–H and O–H groups in total. The molecule has 1 heterocycles. The van der Waals surface area contributed by atoms with Crippen molar-refractivity contribution in [3.63, 3.8) is 0 Å². The van der Waals surface area contributed by atoms with Crippen LogP contribution in [0.25, 0.3) is 20.8 Å². The maximum Gasteiger partial charge on any atom is 0.161 e. The molecule has 0 atom stereocenters. The summed E-state index contributed by atoms with van der Waals surface area (Å²) in [5.74, 6) is 1.52. The second-order valence-corrected chi connectivity index (χ2v) is 8.28. The van der Waals surface area contributed by atoms with E-state index in [-0.39, 0.29) is 0 Å². The zero-order valence-electron chi connectivity index (χ0n) is 17.3. The van der Waals surface area contributed by atoms with Crippen LogP contribution in [0.2, 0.25) is 0 Å². The average Bonchev–Trinajstić information content (AvgIpc) is 3.12. The predicted molar refractivity (Wildman–Crippen MR) is 121 cm³/mol. The van der Waals surface area contributed by atoms with Crippen LogP contribution in [0.1, 0.15) is 29.2 Å². The van der Waals surface area contributed by atoms with Crippen LogP contribution in [0.3, 0.4) is 0 Å². The van der Waals surface area contributed by atoms with Gasteiger partial charge in [-0.15, -0.1) is 11.3 Å². The molecule has 0 bridgehead atoms. The zero-order valence-corrected chi connectivity index (χ0v) is 18.1. The third kappa shape index (κ3) is 4.13. The minimum Gasteiger partial charge on any atom is -0.490 e. The fourth-order valence-corrected chi connectivity index (χ4v) is 4.57. The van der Waals surface area contributed by atoms with Crippen LogP contribution in [0.4, 0.5) is 0 Å². The van der Waals surface area contributed by atoms with Crippen molar-refractivity contribution >= 4 is 21.6 Å². The maximum absolute atomic E-state index is 6.19. The van der Waals surface area contributed by atoms with Crippen LogP contribution in [0, 0.1) is 20.8 Å². The van der Waals surface area contributed by atoms with Gasteiger partial charge in [-0.05, 0) is 74.7 Å². The van der Waals surface area contributed by atoms with Crippen molar-refractivity contribution in [2.45, 2.75) is 34.3 Å². The van der Waals surface area contributed by atoms with Gasteiger partial charge >= 0.3 is 0 Å². The Labute approximate surface area is 176 Å². The first-order chi connectivity index (χ1) is 14.0. The monoisotopic (exact) mass is 403 g/mol. The smallest absolute Gasteiger partial charge is 0.161 e. The molecule has 0 radical (unpaired) electrons. The third-order valence-corrected chi connectivity index (χ3v) is 6.08. The van der Waals surface area contributed by atoms with Crippen LogP contribution in [-0.2, 0) is 6.61 Å². The third-order valence-electron chi connectivity index (χ3n) is 5.00. The average molecular weight is 404 g/mol. The lowest BCUT2D eigenvalue weighted by atomic mass is 10.0. The predicted octanol–water partition coefficient (Wildman–Crippen LogP) is 6.87. The second kappa shape index (κ2) is 8.26. The van der Waals surface area contributed by atoms with Gasteiger partial charge in [0.1, 0.15) is 11.6 Å². The largest absolute Gasteiger partial charge is 0.490 e. The van der Waals surface area contributed by atoms with Crippen molar-refractivity contribution in [3.8, 4) is 22.1 Å². The first kappa shape index (κ1) is 19.5. The van der Waals surface area contributed by atoms with Gasteiger partial charge in [-0.2, -0.15) is 0 Å². The SMILES string of the molecule is CCOc1cc(-c2nc3ccccc3s2)ccc1OCc1c(C)cc(C)cc1C. The van der Waals surface area contributed by atoms with Crippen molar-refractivity contribution in [3.05, 3.63) is 76.9 Å². The zero-order chi connectivity index (χ0) is 20.4. The topological polar surface area (TPSA) is 31.4 Å². The van der Waals surface area contributed by atoms with Gasteiger partial charge in [-0.1, -0.05) is 29.8 Å². The summed E-state index contributed by atoms with van der Waals surface area (Å²) in [5, 5.41) is 0.990. The number of fused-ring (bicyclic) bond motifs is 1. The molecule has 1 aromatic heterocycles. The Kier molecular flexibility index (Phi) is 5.54. The van der Waals surface area contributed by atoms with E-state index in [1.807, 2.05) is 37.3 Å². The number of thiazole rings is 1. The number of aryl methyl sites for hydroxylation is 3. The Morgan fingerprint density at radius 3 is 2.34 bits per heavy atom. The molecular weight excluding hydrogens is 378 g/mol. The highest BCUT2D eigenvalue weighted by molar-refractivity contribution is 7.21. The Morgan fingerprint density at radius 1 is 0.862 bits per heavy atom. The van der Waals surface area contributed by atoms with E-state index in [9.17, 15) is 0 Å². The van der Waals surface area contributed by atoms with Crippen molar-refractivity contribution in [2.24, 2.45) is 0 Å². The lowest BCUT2D eigenvalue weighted by molar-refractivity contribution is 0.268. The summed E-state index contributed by atoms with van der Waals surface area (Å²) in [7, 11) is 0. The quantitative estimate of drug-likeness (QED) is 0.352. The van der Waals surface area contributed by atoms with Crippen LogP contribution < -0.4 is 9.47 Å². The van der Waals surface area contributed by atoms with Crippen LogP contribution in [0.15, 0.2) is 54.6 Å². The van der Waals surface area contributed by atoms with Crippen LogP contribution in [-0.4, -0.2) is 11.6 Å². The molecule has 3 nitrogen and oxygen atoms in total. The number of nitrogens with zero attached hydrogens (tertiary/aromatic N) is 1. The highest BCUT2D eigenvalue weighted by Gasteiger charge is 2.13. The first-order valence-corrected chi connectivity index (χ1v) is 10.7. The molecule has 4 rings (SSSR count). The lowest BCUT2D eigenvalue weighted by Gasteiger charge is -2.16. The van der Waals surface area contributed by atoms with Crippen molar-refractivity contribution in [1.29, 1.82) is 0 Å². The van der Waals surface area contributed by atoms with E-state index in [0.29, 0.717) is 13.2 Å². The number of hydrogen-bond donors (Lipinski definition) is 0. The molecule has 0 fully saturated rings. The summed E-state index contributed by atoms with van der Waals surface area (Å²) in [5.41, 5.74) is 7.09. The maximum atomic E-state index is 6.19. The van der Waals surface area contributed by atoms with Gasteiger partial charge in [0, 0.05) is 5.56 Å². The van der Waals surface area contributed by atoms with Crippen LogP contribution >= 0.6 is 11.3 Å². The van der Waals surface area contributed by atoms with E-state index in [1.165, 1.54) is 27.0 Å². The van der Waals surface area contributed by atoms with Gasteiger partial charge in [-0.25, -0.2) is 4.98 Å². The summed E-state index contributed by atoms with van der Waals surface area (Å²) >= 11 is 1.69.